The molecule has 0 aliphatic rings. The first-order chi connectivity index (χ1) is 10.2. The molecule has 6 heteroatoms. The van der Waals surface area contributed by atoms with Crippen LogP contribution in [0.15, 0.2) is 36.5 Å². The summed E-state index contributed by atoms with van der Waals surface area (Å²) in [6.45, 7) is 2.45. The highest BCUT2D eigenvalue weighted by molar-refractivity contribution is 5.94. The van der Waals surface area contributed by atoms with Gasteiger partial charge in [-0.25, -0.2) is 10.8 Å². The van der Waals surface area contributed by atoms with E-state index < -0.39 is 0 Å². The molecule has 0 aromatic carbocycles. The number of hydrogen-bond acceptors (Lipinski definition) is 5. The van der Waals surface area contributed by atoms with Crippen LogP contribution in [0.4, 0.5) is 5.82 Å². The number of rotatable bonds is 6. The quantitative estimate of drug-likeness (QED) is 0.554. The zero-order valence-electron chi connectivity index (χ0n) is 12.0. The number of aryl methyl sites for hydroxylation is 1. The summed E-state index contributed by atoms with van der Waals surface area (Å²) in [4.78, 5) is 20.7. The van der Waals surface area contributed by atoms with Crippen molar-refractivity contribution in [1.29, 1.82) is 0 Å². The Labute approximate surface area is 123 Å². The smallest absolute Gasteiger partial charge is 0.251 e. The highest BCUT2D eigenvalue weighted by atomic mass is 16.1. The summed E-state index contributed by atoms with van der Waals surface area (Å²) in [6, 6.07) is 9.01. The van der Waals surface area contributed by atoms with E-state index in [9.17, 15) is 4.79 Å². The van der Waals surface area contributed by atoms with E-state index in [1.165, 1.54) is 0 Å². The van der Waals surface area contributed by atoms with Crippen molar-refractivity contribution >= 4 is 11.7 Å². The van der Waals surface area contributed by atoms with Gasteiger partial charge in [-0.2, -0.15) is 0 Å². The lowest BCUT2D eigenvalue weighted by Gasteiger charge is -2.09. The normalized spacial score (nSPS) is 10.2. The molecular formula is C15H19N5O. The van der Waals surface area contributed by atoms with Gasteiger partial charge in [0, 0.05) is 17.5 Å². The molecule has 0 unspecified atom stereocenters. The highest BCUT2D eigenvalue weighted by Crippen LogP contribution is 2.11. The van der Waals surface area contributed by atoms with Crippen molar-refractivity contribution < 1.29 is 4.79 Å². The molecule has 0 bridgehead atoms. The number of pyridine rings is 2. The van der Waals surface area contributed by atoms with Crippen molar-refractivity contribution in [3.8, 4) is 0 Å². The fourth-order valence-electron chi connectivity index (χ4n) is 1.95. The molecule has 21 heavy (non-hydrogen) atoms. The second-order valence-corrected chi connectivity index (χ2v) is 4.63. The number of nitrogens with one attached hydrogen (secondary N) is 2. The molecule has 2 aromatic rings. The van der Waals surface area contributed by atoms with E-state index in [4.69, 9.17) is 5.84 Å². The third-order valence-corrected chi connectivity index (χ3v) is 2.95. The number of nitrogen functional groups attached to an aromatic ring is 1. The molecule has 0 aliphatic heterocycles. The number of hydrogen-bond donors (Lipinski definition) is 3. The molecule has 110 valence electrons. The first-order valence-corrected chi connectivity index (χ1v) is 6.88. The summed E-state index contributed by atoms with van der Waals surface area (Å²) < 4.78 is 0. The van der Waals surface area contributed by atoms with Gasteiger partial charge in [0.2, 0.25) is 0 Å². The van der Waals surface area contributed by atoms with Crippen molar-refractivity contribution in [1.82, 2.24) is 15.3 Å². The average Bonchev–Trinajstić information content (AvgIpc) is 2.53. The van der Waals surface area contributed by atoms with E-state index in [1.54, 1.807) is 18.3 Å². The lowest BCUT2D eigenvalue weighted by molar-refractivity contribution is 0.0950. The van der Waals surface area contributed by atoms with E-state index >= 15 is 0 Å². The zero-order valence-corrected chi connectivity index (χ0v) is 12.0. The van der Waals surface area contributed by atoms with Crippen LogP contribution in [0.1, 0.15) is 35.1 Å². The molecule has 0 spiro atoms. The molecule has 0 radical (unpaired) electrons. The number of nitrogens with zero attached hydrogens (tertiary/aromatic N) is 2. The lowest BCUT2D eigenvalue weighted by Crippen LogP contribution is -2.24. The van der Waals surface area contributed by atoms with Gasteiger partial charge >= 0.3 is 0 Å². The van der Waals surface area contributed by atoms with Crippen molar-refractivity contribution in [2.24, 2.45) is 5.84 Å². The van der Waals surface area contributed by atoms with Crippen LogP contribution in [0.25, 0.3) is 0 Å². The molecule has 0 saturated heterocycles. The molecule has 0 aliphatic carbocycles. The zero-order chi connectivity index (χ0) is 15.1. The van der Waals surface area contributed by atoms with Gasteiger partial charge in [0.05, 0.1) is 12.2 Å². The summed E-state index contributed by atoms with van der Waals surface area (Å²) in [5.74, 6) is 5.71. The summed E-state index contributed by atoms with van der Waals surface area (Å²) >= 11 is 0. The van der Waals surface area contributed by atoms with Crippen molar-refractivity contribution in [2.75, 3.05) is 5.43 Å². The fraction of sp³-hybridized carbons (Fsp3) is 0.267. The second-order valence-electron chi connectivity index (χ2n) is 4.63. The van der Waals surface area contributed by atoms with E-state index in [2.05, 4.69) is 27.6 Å². The Hall–Kier alpha value is -2.47. The Bertz CT molecular complexity index is 600. The van der Waals surface area contributed by atoms with Gasteiger partial charge in [0.15, 0.2) is 0 Å². The number of nitrogens with two attached hydrogens (primary N) is 1. The Morgan fingerprint density at radius 1 is 1.29 bits per heavy atom. The van der Waals surface area contributed by atoms with Crippen LogP contribution in [0.3, 0.4) is 0 Å². The first kappa shape index (κ1) is 14.9. The minimum Gasteiger partial charge on any atom is -0.346 e. The molecule has 2 heterocycles. The maximum Gasteiger partial charge on any atom is 0.251 e. The summed E-state index contributed by atoms with van der Waals surface area (Å²) in [6.07, 6.45) is 3.45. The summed E-state index contributed by atoms with van der Waals surface area (Å²) in [5.41, 5.74) is 4.69. The van der Waals surface area contributed by atoms with Crippen LogP contribution in [0, 0.1) is 0 Å². The molecule has 0 saturated carbocycles. The van der Waals surface area contributed by atoms with Gasteiger partial charge in [-0.3, -0.25) is 9.78 Å². The second kappa shape index (κ2) is 7.35. The van der Waals surface area contributed by atoms with Gasteiger partial charge < -0.3 is 10.7 Å². The number of anilines is 1. The number of carbonyl (C=O) groups is 1. The Balaban J connectivity index is 2.09. The fourth-order valence-corrected chi connectivity index (χ4v) is 1.95. The number of aromatic nitrogens is 2. The summed E-state index contributed by atoms with van der Waals surface area (Å²) in [7, 11) is 0. The Morgan fingerprint density at radius 3 is 2.81 bits per heavy atom. The standard InChI is InChI=1S/C15H19N5O/c1-2-5-12-8-11(9-14(19-12)20-16)15(21)18-10-13-6-3-4-7-17-13/h3-4,6-9H,2,5,10,16H2,1H3,(H,18,21)(H,19,20). The predicted octanol–water partition coefficient (Wildman–Crippen LogP) is 1.64. The molecule has 0 fully saturated rings. The Morgan fingerprint density at radius 2 is 2.14 bits per heavy atom. The maximum atomic E-state index is 12.2. The molecule has 6 nitrogen and oxygen atoms in total. The number of amides is 1. The first-order valence-electron chi connectivity index (χ1n) is 6.88. The van der Waals surface area contributed by atoms with E-state index in [-0.39, 0.29) is 5.91 Å². The lowest BCUT2D eigenvalue weighted by atomic mass is 10.1. The van der Waals surface area contributed by atoms with Gasteiger partial charge in [-0.1, -0.05) is 19.4 Å². The maximum absolute atomic E-state index is 12.2. The third-order valence-electron chi connectivity index (χ3n) is 2.95. The number of hydrazine groups is 1. The molecule has 4 N–H and O–H groups in total. The van der Waals surface area contributed by atoms with E-state index in [1.807, 2.05) is 18.2 Å². The minimum absolute atomic E-state index is 0.170. The average molecular weight is 285 g/mol. The highest BCUT2D eigenvalue weighted by Gasteiger charge is 2.09. The van der Waals surface area contributed by atoms with Gasteiger partial charge in [0.1, 0.15) is 5.82 Å². The van der Waals surface area contributed by atoms with Crippen molar-refractivity contribution in [2.45, 2.75) is 26.3 Å². The van der Waals surface area contributed by atoms with Crippen molar-refractivity contribution in [3.63, 3.8) is 0 Å². The third kappa shape index (κ3) is 4.25. The SMILES string of the molecule is CCCc1cc(C(=O)NCc2ccccn2)cc(NN)n1. The Kier molecular flexibility index (Phi) is 5.22. The largest absolute Gasteiger partial charge is 0.346 e. The van der Waals surface area contributed by atoms with Crippen molar-refractivity contribution in [3.05, 3.63) is 53.5 Å². The molecule has 2 rings (SSSR count). The molecule has 2 aromatic heterocycles. The number of carbonyl (C=O) groups excluding carboxylic acids is 1. The van der Waals surface area contributed by atoms with Crippen LogP contribution in [-0.4, -0.2) is 15.9 Å². The van der Waals surface area contributed by atoms with E-state index in [0.717, 1.165) is 24.2 Å². The van der Waals surface area contributed by atoms with Crippen LogP contribution in [0.5, 0.6) is 0 Å². The van der Waals surface area contributed by atoms with Crippen LogP contribution < -0.4 is 16.6 Å². The van der Waals surface area contributed by atoms with Crippen LogP contribution in [0.2, 0.25) is 0 Å². The van der Waals surface area contributed by atoms with E-state index in [0.29, 0.717) is 17.9 Å². The monoisotopic (exact) mass is 285 g/mol. The van der Waals surface area contributed by atoms with Gasteiger partial charge in [-0.15, -0.1) is 0 Å². The van der Waals surface area contributed by atoms with Gasteiger partial charge in [-0.05, 0) is 30.7 Å². The van der Waals surface area contributed by atoms with Crippen LogP contribution >= 0.6 is 0 Å². The molecule has 1 amide bonds. The summed E-state index contributed by atoms with van der Waals surface area (Å²) in [5, 5.41) is 2.84. The topological polar surface area (TPSA) is 92.9 Å². The van der Waals surface area contributed by atoms with Gasteiger partial charge in [0.25, 0.3) is 5.91 Å². The van der Waals surface area contributed by atoms with Crippen LogP contribution in [-0.2, 0) is 13.0 Å². The molecule has 0 atom stereocenters. The molecular weight excluding hydrogens is 266 g/mol. The predicted molar refractivity (Wildman–Crippen MR) is 81.4 cm³/mol. The minimum atomic E-state index is -0.170.